The summed E-state index contributed by atoms with van der Waals surface area (Å²) in [7, 11) is 0. The van der Waals surface area contributed by atoms with E-state index in [1.165, 1.54) is 11.8 Å². The lowest BCUT2D eigenvalue weighted by Crippen LogP contribution is -2.41. The van der Waals surface area contributed by atoms with Crippen molar-refractivity contribution in [2.75, 3.05) is 6.54 Å². The minimum atomic E-state index is -0.942. The van der Waals surface area contributed by atoms with E-state index in [2.05, 4.69) is 0 Å². The molecule has 0 saturated carbocycles. The molecule has 5 nitrogen and oxygen atoms in total. The Morgan fingerprint density at radius 1 is 1.25 bits per heavy atom. The number of carboxylic acid groups (broad SMARTS) is 1. The molecule has 0 spiro atoms. The number of benzene rings is 1. The largest absolute Gasteiger partial charge is 0.480 e. The predicted molar refractivity (Wildman–Crippen MR) is 72.5 cm³/mol. The third-order valence-electron chi connectivity index (χ3n) is 3.57. The maximum absolute atomic E-state index is 12.1. The van der Waals surface area contributed by atoms with Gasteiger partial charge in [0.25, 0.3) is 0 Å². The van der Waals surface area contributed by atoms with Crippen LogP contribution in [0, 0.1) is 0 Å². The maximum atomic E-state index is 12.1. The first-order valence-corrected chi connectivity index (χ1v) is 6.61. The minimum Gasteiger partial charge on any atom is -0.480 e. The van der Waals surface area contributed by atoms with Crippen LogP contribution in [0.4, 0.5) is 0 Å². The number of hydrogen-bond donors (Lipinski definition) is 1. The van der Waals surface area contributed by atoms with Crippen LogP contribution in [0.5, 0.6) is 0 Å². The lowest BCUT2D eigenvalue weighted by Gasteiger charge is -2.21. The van der Waals surface area contributed by atoms with Crippen molar-refractivity contribution in [1.82, 2.24) is 4.90 Å². The first kappa shape index (κ1) is 14.2. The summed E-state index contributed by atoms with van der Waals surface area (Å²) in [5, 5.41) is 9.06. The van der Waals surface area contributed by atoms with E-state index in [-0.39, 0.29) is 18.1 Å². The number of amides is 1. The molecule has 1 amide bonds. The van der Waals surface area contributed by atoms with Gasteiger partial charge in [0.15, 0.2) is 5.78 Å². The molecule has 1 aliphatic heterocycles. The highest BCUT2D eigenvalue weighted by Gasteiger charge is 2.33. The number of likely N-dealkylation sites (tertiary alicyclic amines) is 1. The third kappa shape index (κ3) is 3.04. The number of aliphatic carboxylic acids is 1. The van der Waals surface area contributed by atoms with E-state index in [9.17, 15) is 14.4 Å². The molecule has 1 atom stereocenters. The summed E-state index contributed by atoms with van der Waals surface area (Å²) < 4.78 is 0. The van der Waals surface area contributed by atoms with Gasteiger partial charge in [-0.3, -0.25) is 9.59 Å². The zero-order chi connectivity index (χ0) is 14.7. The van der Waals surface area contributed by atoms with E-state index >= 15 is 0 Å². The normalized spacial score (nSPS) is 18.1. The van der Waals surface area contributed by atoms with Crippen molar-refractivity contribution in [3.05, 3.63) is 35.4 Å². The van der Waals surface area contributed by atoms with E-state index < -0.39 is 12.0 Å². The van der Waals surface area contributed by atoms with Crippen molar-refractivity contribution < 1.29 is 19.5 Å². The van der Waals surface area contributed by atoms with Crippen LogP contribution in [0.2, 0.25) is 0 Å². The summed E-state index contributed by atoms with van der Waals surface area (Å²) >= 11 is 0. The Kier molecular flexibility index (Phi) is 4.17. The quantitative estimate of drug-likeness (QED) is 0.845. The molecule has 106 valence electrons. The Morgan fingerprint density at radius 2 is 1.90 bits per heavy atom. The lowest BCUT2D eigenvalue weighted by atomic mass is 10.1. The van der Waals surface area contributed by atoms with Gasteiger partial charge in [-0.15, -0.1) is 0 Å². The van der Waals surface area contributed by atoms with Crippen molar-refractivity contribution in [2.45, 2.75) is 32.2 Å². The molecular weight excluding hydrogens is 258 g/mol. The molecule has 1 aromatic rings. The van der Waals surface area contributed by atoms with Gasteiger partial charge in [0.2, 0.25) is 5.91 Å². The number of carboxylic acids is 1. The fraction of sp³-hybridized carbons (Fsp3) is 0.400. The van der Waals surface area contributed by atoms with Gasteiger partial charge in [0.05, 0.1) is 6.42 Å². The molecule has 2 rings (SSSR count). The number of rotatable bonds is 4. The van der Waals surface area contributed by atoms with Gasteiger partial charge < -0.3 is 10.0 Å². The Balaban J connectivity index is 2.04. The number of nitrogens with zero attached hydrogens (tertiary/aromatic N) is 1. The summed E-state index contributed by atoms with van der Waals surface area (Å²) in [5.41, 5.74) is 1.39. The van der Waals surface area contributed by atoms with Gasteiger partial charge in [-0.05, 0) is 25.3 Å². The molecule has 1 aromatic carbocycles. The first-order valence-electron chi connectivity index (χ1n) is 6.61. The van der Waals surface area contributed by atoms with Gasteiger partial charge in [-0.1, -0.05) is 24.3 Å². The fourth-order valence-corrected chi connectivity index (χ4v) is 2.46. The van der Waals surface area contributed by atoms with Gasteiger partial charge >= 0.3 is 5.97 Å². The molecule has 1 aliphatic rings. The van der Waals surface area contributed by atoms with Gasteiger partial charge in [-0.2, -0.15) is 0 Å². The summed E-state index contributed by atoms with van der Waals surface area (Å²) in [6.45, 7) is 1.99. The van der Waals surface area contributed by atoms with E-state index in [0.717, 1.165) is 12.0 Å². The molecule has 20 heavy (non-hydrogen) atoms. The second-order valence-corrected chi connectivity index (χ2v) is 5.01. The van der Waals surface area contributed by atoms with Gasteiger partial charge in [-0.25, -0.2) is 4.79 Å². The second kappa shape index (κ2) is 5.86. The second-order valence-electron chi connectivity index (χ2n) is 5.01. The zero-order valence-corrected chi connectivity index (χ0v) is 11.3. The molecule has 0 unspecified atom stereocenters. The average molecular weight is 275 g/mol. The maximum Gasteiger partial charge on any atom is 0.326 e. The molecule has 5 heteroatoms. The van der Waals surface area contributed by atoms with E-state index in [4.69, 9.17) is 5.11 Å². The molecule has 1 N–H and O–H groups in total. The van der Waals surface area contributed by atoms with Crippen LogP contribution in [-0.4, -0.2) is 40.3 Å². The number of ketones is 1. The van der Waals surface area contributed by atoms with Crippen LogP contribution in [0.1, 0.15) is 35.7 Å². The average Bonchev–Trinajstić information content (AvgIpc) is 2.88. The van der Waals surface area contributed by atoms with Gasteiger partial charge in [0.1, 0.15) is 6.04 Å². The fourth-order valence-electron chi connectivity index (χ4n) is 2.46. The van der Waals surface area contributed by atoms with Crippen LogP contribution in [-0.2, 0) is 16.0 Å². The van der Waals surface area contributed by atoms with Crippen LogP contribution >= 0.6 is 0 Å². The Hall–Kier alpha value is -2.17. The van der Waals surface area contributed by atoms with Crippen molar-refractivity contribution >= 4 is 17.7 Å². The van der Waals surface area contributed by atoms with Crippen LogP contribution in [0.25, 0.3) is 0 Å². The summed E-state index contributed by atoms with van der Waals surface area (Å²) in [4.78, 5) is 35.8. The van der Waals surface area contributed by atoms with E-state index in [1.54, 1.807) is 24.3 Å². The molecule has 1 heterocycles. The summed E-state index contributed by atoms with van der Waals surface area (Å²) in [6.07, 6.45) is 1.41. The molecule has 1 saturated heterocycles. The SMILES string of the molecule is CC(=O)c1ccc(CC(=O)N2CCC[C@@H]2C(=O)O)cc1. The molecular formula is C15H17NO4. The van der Waals surface area contributed by atoms with Crippen LogP contribution in [0.3, 0.4) is 0 Å². The molecule has 0 aromatic heterocycles. The zero-order valence-electron chi connectivity index (χ0n) is 11.3. The van der Waals surface area contributed by atoms with E-state index in [1.807, 2.05) is 0 Å². The highest BCUT2D eigenvalue weighted by molar-refractivity contribution is 5.94. The predicted octanol–water partition coefficient (Wildman–Crippen LogP) is 1.51. The Labute approximate surface area is 117 Å². The number of carbonyl (C=O) groups is 3. The number of Topliss-reactive ketones (excluding diaryl/α,β-unsaturated/α-hetero) is 1. The number of carbonyl (C=O) groups excluding carboxylic acids is 2. The van der Waals surface area contributed by atoms with Gasteiger partial charge in [0, 0.05) is 12.1 Å². The molecule has 1 fully saturated rings. The monoisotopic (exact) mass is 275 g/mol. The first-order chi connectivity index (χ1) is 9.49. The molecule has 0 radical (unpaired) electrons. The summed E-state index contributed by atoms with van der Waals surface area (Å²) in [6, 6.07) is 6.15. The van der Waals surface area contributed by atoms with Crippen molar-refractivity contribution in [3.63, 3.8) is 0 Å². The highest BCUT2D eigenvalue weighted by atomic mass is 16.4. The standard InChI is InChI=1S/C15H17NO4/c1-10(17)12-6-4-11(5-7-12)9-14(18)16-8-2-3-13(16)15(19)20/h4-7,13H,2-3,8-9H2,1H3,(H,19,20)/t13-/m1/s1. The Morgan fingerprint density at radius 3 is 2.45 bits per heavy atom. The minimum absolute atomic E-state index is 0.0200. The summed E-state index contributed by atoms with van der Waals surface area (Å²) in [5.74, 6) is -1.14. The van der Waals surface area contributed by atoms with E-state index in [0.29, 0.717) is 18.5 Å². The smallest absolute Gasteiger partial charge is 0.326 e. The van der Waals surface area contributed by atoms with Crippen molar-refractivity contribution in [2.24, 2.45) is 0 Å². The lowest BCUT2D eigenvalue weighted by molar-refractivity contribution is -0.148. The highest BCUT2D eigenvalue weighted by Crippen LogP contribution is 2.19. The van der Waals surface area contributed by atoms with Crippen molar-refractivity contribution in [3.8, 4) is 0 Å². The Bertz CT molecular complexity index is 535. The van der Waals surface area contributed by atoms with Crippen molar-refractivity contribution in [1.29, 1.82) is 0 Å². The topological polar surface area (TPSA) is 74.7 Å². The molecule has 0 bridgehead atoms. The molecule has 0 aliphatic carbocycles. The number of hydrogen-bond acceptors (Lipinski definition) is 3. The van der Waals surface area contributed by atoms with Crippen LogP contribution in [0.15, 0.2) is 24.3 Å². The third-order valence-corrected chi connectivity index (χ3v) is 3.57. The van der Waals surface area contributed by atoms with Crippen LogP contribution < -0.4 is 0 Å².